The fraction of sp³-hybridized carbons (Fsp3) is 0.267. The molecule has 0 saturated heterocycles. The average Bonchev–Trinajstić information content (AvgIpc) is 2.47. The minimum absolute atomic E-state index is 0.0715. The molecule has 0 saturated carbocycles. The molecule has 1 unspecified atom stereocenters. The van der Waals surface area contributed by atoms with Crippen LogP contribution in [0.15, 0.2) is 41.1 Å². The molecular weight excluding hydrogens is 320 g/mol. The van der Waals surface area contributed by atoms with Gasteiger partial charge in [0.1, 0.15) is 17.6 Å². The molecule has 0 radical (unpaired) electrons. The normalized spacial score (nSPS) is 20.9. The molecule has 1 aromatic heterocycles. The Labute approximate surface area is 126 Å². The van der Waals surface area contributed by atoms with Crippen LogP contribution in [0, 0.1) is 0 Å². The van der Waals surface area contributed by atoms with Crippen LogP contribution >= 0.6 is 15.9 Å². The van der Waals surface area contributed by atoms with E-state index in [2.05, 4.69) is 20.9 Å². The Balaban J connectivity index is 1.93. The summed E-state index contributed by atoms with van der Waals surface area (Å²) in [5.41, 5.74) is 8.28. The molecule has 2 atom stereocenters. The van der Waals surface area contributed by atoms with Gasteiger partial charge in [0, 0.05) is 40.5 Å². The van der Waals surface area contributed by atoms with Crippen LogP contribution in [0.5, 0.6) is 11.5 Å². The lowest BCUT2D eigenvalue weighted by molar-refractivity contribution is 0.160. The van der Waals surface area contributed by atoms with Crippen molar-refractivity contribution in [2.24, 2.45) is 5.73 Å². The van der Waals surface area contributed by atoms with Crippen molar-refractivity contribution >= 4 is 15.9 Å². The third kappa shape index (κ3) is 2.51. The molecule has 4 nitrogen and oxygen atoms in total. The number of ether oxygens (including phenoxy) is 2. The molecule has 3 rings (SSSR count). The van der Waals surface area contributed by atoms with Crippen LogP contribution < -0.4 is 15.2 Å². The molecule has 2 heterocycles. The number of nitrogens with zero attached hydrogens (tertiary/aromatic N) is 1. The molecule has 0 bridgehead atoms. The zero-order valence-corrected chi connectivity index (χ0v) is 12.6. The Morgan fingerprint density at radius 1 is 1.35 bits per heavy atom. The van der Waals surface area contributed by atoms with Gasteiger partial charge in [-0.3, -0.25) is 4.98 Å². The van der Waals surface area contributed by atoms with Gasteiger partial charge in [0.25, 0.3) is 0 Å². The summed E-state index contributed by atoms with van der Waals surface area (Å²) in [6.45, 7) is 0. The fourth-order valence-electron chi connectivity index (χ4n) is 2.42. The first-order valence-corrected chi connectivity index (χ1v) is 7.17. The second kappa shape index (κ2) is 5.42. The number of hydrogen-bond donors (Lipinski definition) is 1. The maximum atomic E-state index is 6.27. The largest absolute Gasteiger partial charge is 0.497 e. The van der Waals surface area contributed by atoms with E-state index in [4.69, 9.17) is 15.2 Å². The van der Waals surface area contributed by atoms with Gasteiger partial charge in [-0.05, 0) is 40.2 Å². The van der Waals surface area contributed by atoms with Crippen molar-refractivity contribution in [1.29, 1.82) is 0 Å². The highest BCUT2D eigenvalue weighted by atomic mass is 79.9. The van der Waals surface area contributed by atoms with Gasteiger partial charge in [-0.1, -0.05) is 0 Å². The van der Waals surface area contributed by atoms with Crippen molar-refractivity contribution in [3.8, 4) is 11.5 Å². The molecule has 1 aliphatic heterocycles. The number of fused-ring (bicyclic) bond motifs is 1. The topological polar surface area (TPSA) is 57.4 Å². The van der Waals surface area contributed by atoms with E-state index < -0.39 is 0 Å². The van der Waals surface area contributed by atoms with Crippen LogP contribution in [-0.4, -0.2) is 12.1 Å². The Morgan fingerprint density at radius 2 is 2.20 bits per heavy atom. The summed E-state index contributed by atoms with van der Waals surface area (Å²) >= 11 is 3.43. The lowest BCUT2D eigenvalue weighted by Gasteiger charge is -2.30. The molecule has 1 aromatic carbocycles. The van der Waals surface area contributed by atoms with E-state index in [0.717, 1.165) is 33.5 Å². The van der Waals surface area contributed by atoms with Gasteiger partial charge in [0.2, 0.25) is 0 Å². The van der Waals surface area contributed by atoms with Gasteiger partial charge in [-0.15, -0.1) is 0 Å². The summed E-state index contributed by atoms with van der Waals surface area (Å²) in [7, 11) is 1.65. The van der Waals surface area contributed by atoms with Crippen LogP contribution in [0.1, 0.15) is 29.7 Å². The molecular formula is C15H15BrN2O2. The van der Waals surface area contributed by atoms with E-state index in [1.54, 1.807) is 13.3 Å². The van der Waals surface area contributed by atoms with Crippen molar-refractivity contribution in [3.05, 3.63) is 52.3 Å². The van der Waals surface area contributed by atoms with E-state index in [1.807, 2.05) is 30.5 Å². The molecule has 1 aliphatic rings. The number of benzene rings is 1. The first-order chi connectivity index (χ1) is 9.67. The first-order valence-electron chi connectivity index (χ1n) is 6.38. The quantitative estimate of drug-likeness (QED) is 0.914. The molecule has 104 valence electrons. The Kier molecular flexibility index (Phi) is 3.63. The molecule has 0 aliphatic carbocycles. The predicted octanol–water partition coefficient (Wildman–Crippen LogP) is 3.38. The summed E-state index contributed by atoms with van der Waals surface area (Å²) in [5, 5.41) is 0. The van der Waals surface area contributed by atoms with Crippen molar-refractivity contribution in [1.82, 2.24) is 4.98 Å². The maximum Gasteiger partial charge on any atom is 0.127 e. The van der Waals surface area contributed by atoms with Gasteiger partial charge in [0.05, 0.1) is 7.11 Å². The molecule has 0 fully saturated rings. The third-order valence-electron chi connectivity index (χ3n) is 3.45. The zero-order chi connectivity index (χ0) is 14.1. The van der Waals surface area contributed by atoms with E-state index >= 15 is 0 Å². The second-order valence-electron chi connectivity index (χ2n) is 4.79. The zero-order valence-electron chi connectivity index (χ0n) is 11.0. The van der Waals surface area contributed by atoms with Crippen LogP contribution in [0.3, 0.4) is 0 Å². The van der Waals surface area contributed by atoms with E-state index in [-0.39, 0.29) is 12.1 Å². The molecule has 0 amide bonds. The summed E-state index contributed by atoms with van der Waals surface area (Å²) < 4.78 is 12.2. The SMILES string of the molecule is COc1ccc2c(c1)[C@@H](N)CC(c1cncc(Br)c1)O2. The summed E-state index contributed by atoms with van der Waals surface area (Å²) in [5.74, 6) is 1.61. The molecule has 5 heteroatoms. The number of methoxy groups -OCH3 is 1. The minimum Gasteiger partial charge on any atom is -0.497 e. The Hall–Kier alpha value is -1.59. The number of halogens is 1. The summed E-state index contributed by atoms with van der Waals surface area (Å²) in [6.07, 6.45) is 4.22. The van der Waals surface area contributed by atoms with E-state index in [9.17, 15) is 0 Å². The lowest BCUT2D eigenvalue weighted by Crippen LogP contribution is -2.24. The third-order valence-corrected chi connectivity index (χ3v) is 3.89. The summed E-state index contributed by atoms with van der Waals surface area (Å²) in [6, 6.07) is 7.67. The van der Waals surface area contributed by atoms with Crippen LogP contribution in [0.2, 0.25) is 0 Å². The molecule has 2 N–H and O–H groups in total. The number of rotatable bonds is 2. The lowest BCUT2D eigenvalue weighted by atomic mass is 9.94. The molecule has 2 aromatic rings. The highest BCUT2D eigenvalue weighted by Crippen LogP contribution is 2.41. The van der Waals surface area contributed by atoms with Crippen molar-refractivity contribution < 1.29 is 9.47 Å². The molecule has 0 spiro atoms. The Bertz CT molecular complexity index is 633. The van der Waals surface area contributed by atoms with Gasteiger partial charge in [0.15, 0.2) is 0 Å². The van der Waals surface area contributed by atoms with Crippen molar-refractivity contribution in [2.75, 3.05) is 7.11 Å². The number of aromatic nitrogens is 1. The standard InChI is InChI=1S/C15H15BrN2O2/c1-19-11-2-3-14-12(5-11)13(17)6-15(20-14)9-4-10(16)8-18-7-9/h2-5,7-8,13,15H,6,17H2,1H3/t13-,15?/m0/s1. The van der Waals surface area contributed by atoms with Crippen LogP contribution in [0.25, 0.3) is 0 Å². The second-order valence-corrected chi connectivity index (χ2v) is 5.70. The van der Waals surface area contributed by atoms with E-state index in [1.165, 1.54) is 0 Å². The van der Waals surface area contributed by atoms with Gasteiger partial charge >= 0.3 is 0 Å². The monoisotopic (exact) mass is 334 g/mol. The fourth-order valence-corrected chi connectivity index (χ4v) is 2.80. The number of hydrogen-bond acceptors (Lipinski definition) is 4. The van der Waals surface area contributed by atoms with Crippen LogP contribution in [0.4, 0.5) is 0 Å². The van der Waals surface area contributed by atoms with Gasteiger partial charge in [-0.2, -0.15) is 0 Å². The smallest absolute Gasteiger partial charge is 0.127 e. The highest BCUT2D eigenvalue weighted by molar-refractivity contribution is 9.10. The van der Waals surface area contributed by atoms with Gasteiger partial charge in [-0.25, -0.2) is 0 Å². The average molecular weight is 335 g/mol. The van der Waals surface area contributed by atoms with Crippen LogP contribution in [-0.2, 0) is 0 Å². The molecule has 20 heavy (non-hydrogen) atoms. The first kappa shape index (κ1) is 13.4. The van der Waals surface area contributed by atoms with Crippen molar-refractivity contribution in [3.63, 3.8) is 0 Å². The van der Waals surface area contributed by atoms with Crippen molar-refractivity contribution in [2.45, 2.75) is 18.6 Å². The Morgan fingerprint density at radius 3 is 2.95 bits per heavy atom. The number of pyridine rings is 1. The predicted molar refractivity (Wildman–Crippen MR) is 79.8 cm³/mol. The number of nitrogens with two attached hydrogens (primary N) is 1. The maximum absolute atomic E-state index is 6.27. The van der Waals surface area contributed by atoms with Gasteiger partial charge < -0.3 is 15.2 Å². The van der Waals surface area contributed by atoms with E-state index in [0.29, 0.717) is 0 Å². The minimum atomic E-state index is -0.0732. The highest BCUT2D eigenvalue weighted by Gasteiger charge is 2.27. The summed E-state index contributed by atoms with van der Waals surface area (Å²) in [4.78, 5) is 4.18.